The van der Waals surface area contributed by atoms with E-state index in [1.165, 1.54) is 18.2 Å². The van der Waals surface area contributed by atoms with Gasteiger partial charge in [0.15, 0.2) is 0 Å². The molecule has 1 rings (SSSR count). The van der Waals surface area contributed by atoms with Crippen LogP contribution in [-0.4, -0.2) is 37.1 Å². The zero-order chi connectivity index (χ0) is 15.0. The summed E-state index contributed by atoms with van der Waals surface area (Å²) < 4.78 is 5.16. The Balaban J connectivity index is 2.88. The number of hydrogen-bond donors (Lipinski definition) is 2. The number of nitro benzene ring substituents is 1. The highest BCUT2D eigenvalue weighted by Crippen LogP contribution is 2.25. The van der Waals surface area contributed by atoms with Crippen LogP contribution in [0.5, 0.6) is 0 Å². The number of anilines is 1. The van der Waals surface area contributed by atoms with Gasteiger partial charge in [-0.1, -0.05) is 0 Å². The molecule has 0 spiro atoms. The van der Waals surface area contributed by atoms with Crippen molar-refractivity contribution in [1.29, 1.82) is 0 Å². The maximum Gasteiger partial charge on any atom is 0.292 e. The first-order valence-electron chi connectivity index (χ1n) is 6.48. The SMILES string of the molecule is CCNC(=O)c1ccc([N+](=O)[O-])c(NCCOCC)c1. The molecule has 0 bridgehead atoms. The third-order valence-electron chi connectivity index (χ3n) is 2.56. The van der Waals surface area contributed by atoms with Crippen molar-refractivity contribution in [2.45, 2.75) is 13.8 Å². The number of rotatable bonds is 8. The Morgan fingerprint density at radius 2 is 2.15 bits per heavy atom. The minimum Gasteiger partial charge on any atom is -0.380 e. The normalized spacial score (nSPS) is 10.1. The summed E-state index contributed by atoms with van der Waals surface area (Å²) in [4.78, 5) is 22.2. The number of carbonyl (C=O) groups excluding carboxylic acids is 1. The van der Waals surface area contributed by atoms with Crippen LogP contribution in [0.15, 0.2) is 18.2 Å². The molecule has 7 nitrogen and oxygen atoms in total. The van der Waals surface area contributed by atoms with Gasteiger partial charge < -0.3 is 15.4 Å². The van der Waals surface area contributed by atoms with Crippen LogP contribution in [0, 0.1) is 10.1 Å². The largest absolute Gasteiger partial charge is 0.380 e. The minimum atomic E-state index is -0.482. The lowest BCUT2D eigenvalue weighted by Crippen LogP contribution is -2.22. The van der Waals surface area contributed by atoms with Crippen molar-refractivity contribution >= 4 is 17.3 Å². The minimum absolute atomic E-state index is 0.0606. The molecule has 0 saturated carbocycles. The number of nitrogens with zero attached hydrogens (tertiary/aromatic N) is 1. The molecule has 0 heterocycles. The van der Waals surface area contributed by atoms with Gasteiger partial charge in [-0.25, -0.2) is 0 Å². The summed E-state index contributed by atoms with van der Waals surface area (Å²) in [5.41, 5.74) is 0.643. The average molecular weight is 281 g/mol. The molecule has 0 atom stereocenters. The second kappa shape index (κ2) is 8.11. The van der Waals surface area contributed by atoms with E-state index >= 15 is 0 Å². The topological polar surface area (TPSA) is 93.5 Å². The molecule has 0 aliphatic rings. The Hall–Kier alpha value is -2.15. The van der Waals surface area contributed by atoms with Crippen LogP contribution in [0.2, 0.25) is 0 Å². The molecule has 1 amide bonds. The lowest BCUT2D eigenvalue weighted by molar-refractivity contribution is -0.384. The number of nitro groups is 1. The fourth-order valence-electron chi connectivity index (χ4n) is 1.64. The Morgan fingerprint density at radius 3 is 2.75 bits per heavy atom. The van der Waals surface area contributed by atoms with Gasteiger partial charge in [0.05, 0.1) is 11.5 Å². The third-order valence-corrected chi connectivity index (χ3v) is 2.56. The van der Waals surface area contributed by atoms with Gasteiger partial charge >= 0.3 is 0 Å². The van der Waals surface area contributed by atoms with Gasteiger partial charge in [-0.05, 0) is 26.0 Å². The molecule has 0 fully saturated rings. The van der Waals surface area contributed by atoms with E-state index in [1.807, 2.05) is 13.8 Å². The Morgan fingerprint density at radius 1 is 1.40 bits per heavy atom. The molecule has 110 valence electrons. The molecule has 0 saturated heterocycles. The first-order chi connectivity index (χ1) is 9.60. The van der Waals surface area contributed by atoms with E-state index in [4.69, 9.17) is 4.74 Å². The fourth-order valence-corrected chi connectivity index (χ4v) is 1.64. The van der Waals surface area contributed by atoms with Crippen LogP contribution >= 0.6 is 0 Å². The molecule has 0 radical (unpaired) electrons. The maximum absolute atomic E-state index is 11.7. The number of benzene rings is 1. The predicted octanol–water partition coefficient (Wildman–Crippen LogP) is 1.79. The van der Waals surface area contributed by atoms with Gasteiger partial charge in [0.2, 0.25) is 0 Å². The van der Waals surface area contributed by atoms with Crippen molar-refractivity contribution in [3.05, 3.63) is 33.9 Å². The summed E-state index contributed by atoms with van der Waals surface area (Å²) in [5.74, 6) is -0.254. The van der Waals surface area contributed by atoms with Crippen LogP contribution < -0.4 is 10.6 Å². The predicted molar refractivity (Wildman–Crippen MR) is 76.1 cm³/mol. The smallest absolute Gasteiger partial charge is 0.292 e. The molecule has 0 aliphatic carbocycles. The fraction of sp³-hybridized carbons (Fsp3) is 0.462. The zero-order valence-corrected chi connectivity index (χ0v) is 11.6. The molecule has 20 heavy (non-hydrogen) atoms. The van der Waals surface area contributed by atoms with E-state index in [0.717, 1.165) is 0 Å². The summed E-state index contributed by atoms with van der Waals surface area (Å²) in [7, 11) is 0. The van der Waals surface area contributed by atoms with Crippen LogP contribution in [0.4, 0.5) is 11.4 Å². The van der Waals surface area contributed by atoms with Crippen molar-refractivity contribution in [3.63, 3.8) is 0 Å². The van der Waals surface area contributed by atoms with Gasteiger partial charge in [-0.3, -0.25) is 14.9 Å². The Kier molecular flexibility index (Phi) is 6.45. The second-order valence-electron chi connectivity index (χ2n) is 3.97. The lowest BCUT2D eigenvalue weighted by atomic mass is 10.1. The van der Waals surface area contributed by atoms with Crippen molar-refractivity contribution in [1.82, 2.24) is 5.32 Å². The van der Waals surface area contributed by atoms with E-state index in [2.05, 4.69) is 10.6 Å². The highest BCUT2D eigenvalue weighted by molar-refractivity contribution is 5.95. The van der Waals surface area contributed by atoms with Gasteiger partial charge in [-0.15, -0.1) is 0 Å². The van der Waals surface area contributed by atoms with Crippen molar-refractivity contribution in [2.24, 2.45) is 0 Å². The number of amides is 1. The number of nitrogens with one attached hydrogen (secondary N) is 2. The van der Waals surface area contributed by atoms with Gasteiger partial charge in [0.1, 0.15) is 5.69 Å². The molecular formula is C13H19N3O4. The van der Waals surface area contributed by atoms with Gasteiger partial charge in [-0.2, -0.15) is 0 Å². The van der Waals surface area contributed by atoms with E-state index < -0.39 is 4.92 Å². The van der Waals surface area contributed by atoms with Crippen molar-refractivity contribution in [2.75, 3.05) is 31.6 Å². The standard InChI is InChI=1S/C13H19N3O4/c1-3-14-13(17)10-5-6-12(16(18)19)11(9-10)15-7-8-20-4-2/h5-6,9,15H,3-4,7-8H2,1-2H3,(H,14,17). The highest BCUT2D eigenvalue weighted by Gasteiger charge is 2.16. The number of hydrogen-bond acceptors (Lipinski definition) is 5. The van der Waals surface area contributed by atoms with Gasteiger partial charge in [0, 0.05) is 31.3 Å². The zero-order valence-electron chi connectivity index (χ0n) is 11.6. The highest BCUT2D eigenvalue weighted by atomic mass is 16.6. The van der Waals surface area contributed by atoms with Crippen molar-refractivity contribution < 1.29 is 14.5 Å². The molecule has 0 unspecified atom stereocenters. The van der Waals surface area contributed by atoms with Crippen LogP contribution in [0.3, 0.4) is 0 Å². The average Bonchev–Trinajstić information content (AvgIpc) is 2.43. The van der Waals surface area contributed by atoms with E-state index in [1.54, 1.807) is 0 Å². The van der Waals surface area contributed by atoms with E-state index in [-0.39, 0.29) is 11.6 Å². The summed E-state index contributed by atoms with van der Waals surface area (Å²) in [6, 6.07) is 4.25. The number of carbonyl (C=O) groups is 1. The maximum atomic E-state index is 11.7. The lowest BCUT2D eigenvalue weighted by Gasteiger charge is -2.09. The van der Waals surface area contributed by atoms with Crippen LogP contribution in [0.25, 0.3) is 0 Å². The summed E-state index contributed by atoms with van der Waals surface area (Å²) >= 11 is 0. The van der Waals surface area contributed by atoms with E-state index in [9.17, 15) is 14.9 Å². The molecule has 1 aromatic rings. The molecule has 0 aromatic heterocycles. The van der Waals surface area contributed by atoms with Crippen LogP contribution in [0.1, 0.15) is 24.2 Å². The summed E-state index contributed by atoms with van der Waals surface area (Å²) in [6.45, 7) is 5.65. The first-order valence-corrected chi connectivity index (χ1v) is 6.48. The molecule has 2 N–H and O–H groups in total. The second-order valence-corrected chi connectivity index (χ2v) is 3.97. The van der Waals surface area contributed by atoms with Crippen LogP contribution in [-0.2, 0) is 4.74 Å². The van der Waals surface area contributed by atoms with Crippen molar-refractivity contribution in [3.8, 4) is 0 Å². The van der Waals surface area contributed by atoms with Gasteiger partial charge in [0.25, 0.3) is 11.6 Å². The Labute approximate surface area is 117 Å². The molecule has 0 aliphatic heterocycles. The molecule has 7 heteroatoms. The summed E-state index contributed by atoms with van der Waals surface area (Å²) in [5, 5.41) is 16.5. The quantitative estimate of drug-likeness (QED) is 0.430. The molecular weight excluding hydrogens is 262 g/mol. The monoisotopic (exact) mass is 281 g/mol. The first kappa shape index (κ1) is 15.9. The number of ether oxygens (including phenoxy) is 1. The third kappa shape index (κ3) is 4.51. The Bertz CT molecular complexity index is 477. The molecule has 1 aromatic carbocycles. The van der Waals surface area contributed by atoms with E-state index in [0.29, 0.717) is 37.6 Å². The summed E-state index contributed by atoms with van der Waals surface area (Å²) in [6.07, 6.45) is 0.